The monoisotopic (exact) mass is 403 g/mol. The summed E-state index contributed by atoms with van der Waals surface area (Å²) in [5, 5.41) is 4.09. The second-order valence-electron chi connectivity index (χ2n) is 6.37. The van der Waals surface area contributed by atoms with Crippen molar-refractivity contribution in [1.29, 1.82) is 0 Å². The Bertz CT molecular complexity index is 954. The normalized spacial score (nSPS) is 12.9. The summed E-state index contributed by atoms with van der Waals surface area (Å²) in [6.45, 7) is 5.90. The molecular formula is C20H25N3O4S. The summed E-state index contributed by atoms with van der Waals surface area (Å²) in [4.78, 5) is 12.3. The molecule has 2 N–H and O–H groups in total. The van der Waals surface area contributed by atoms with Crippen molar-refractivity contribution in [3.05, 3.63) is 54.1 Å². The highest BCUT2D eigenvalue weighted by Crippen LogP contribution is 2.20. The Kier molecular flexibility index (Phi) is 7.17. The van der Waals surface area contributed by atoms with Gasteiger partial charge in [0.1, 0.15) is 5.75 Å². The zero-order valence-electron chi connectivity index (χ0n) is 16.4. The molecule has 0 bridgehead atoms. The fourth-order valence-electron chi connectivity index (χ4n) is 2.29. The van der Waals surface area contributed by atoms with Crippen LogP contribution in [-0.2, 0) is 10.0 Å². The number of nitrogens with zero attached hydrogens (tertiary/aromatic N) is 1. The van der Waals surface area contributed by atoms with Crippen LogP contribution in [0.15, 0.2) is 58.5 Å². The number of rotatable bonds is 8. The maximum absolute atomic E-state index is 12.6. The second kappa shape index (κ2) is 9.36. The predicted octanol–water partition coefficient (Wildman–Crippen LogP) is 3.65. The third-order valence-corrected chi connectivity index (χ3v) is 5.79. The number of hydrazone groups is 1. The topological polar surface area (TPSA) is 96.9 Å². The van der Waals surface area contributed by atoms with E-state index in [0.717, 1.165) is 12.1 Å². The van der Waals surface area contributed by atoms with E-state index >= 15 is 0 Å². The molecule has 0 heterocycles. The molecule has 2 aromatic rings. The molecule has 0 saturated heterocycles. The van der Waals surface area contributed by atoms with Gasteiger partial charge in [0.2, 0.25) is 0 Å². The van der Waals surface area contributed by atoms with E-state index in [2.05, 4.69) is 15.2 Å². The lowest BCUT2D eigenvalue weighted by molar-refractivity contribution is 0.0954. The Hall–Kier alpha value is -2.87. The van der Waals surface area contributed by atoms with Crippen LogP contribution in [-0.4, -0.2) is 27.1 Å². The molecule has 150 valence electrons. The van der Waals surface area contributed by atoms with Crippen molar-refractivity contribution in [1.82, 2.24) is 5.43 Å². The Morgan fingerprint density at radius 1 is 1.18 bits per heavy atom. The van der Waals surface area contributed by atoms with Gasteiger partial charge in [-0.3, -0.25) is 9.52 Å². The van der Waals surface area contributed by atoms with Crippen LogP contribution >= 0.6 is 0 Å². The van der Waals surface area contributed by atoms with E-state index in [0.29, 0.717) is 11.4 Å². The number of sulfonamides is 1. The fourth-order valence-corrected chi connectivity index (χ4v) is 3.39. The van der Waals surface area contributed by atoms with Gasteiger partial charge in [-0.05, 0) is 61.7 Å². The van der Waals surface area contributed by atoms with E-state index in [1.165, 1.54) is 31.4 Å². The van der Waals surface area contributed by atoms with Gasteiger partial charge in [-0.2, -0.15) is 5.10 Å². The van der Waals surface area contributed by atoms with E-state index in [1.54, 1.807) is 24.3 Å². The number of nitrogens with one attached hydrogen (secondary N) is 2. The molecule has 0 aliphatic rings. The molecule has 1 atom stereocenters. The number of hydrogen-bond donors (Lipinski definition) is 2. The molecule has 0 fully saturated rings. The standard InChI is InChI=1S/C20H25N3O4S/c1-5-14(2)15(3)21-22-20(24)16-7-6-8-19(13-16)28(25,26)23-17-9-11-18(27-4)12-10-17/h6-14,23H,5H2,1-4H3,(H,22,24)/b21-15-/t14-/m1/s1. The molecule has 0 spiro atoms. The fraction of sp³-hybridized carbons (Fsp3) is 0.300. The number of carbonyl (C=O) groups is 1. The minimum Gasteiger partial charge on any atom is -0.497 e. The number of carbonyl (C=O) groups excluding carboxylic acids is 1. The quantitative estimate of drug-likeness (QED) is 0.519. The lowest BCUT2D eigenvalue weighted by atomic mass is 10.1. The number of methoxy groups -OCH3 is 1. The van der Waals surface area contributed by atoms with Gasteiger partial charge in [-0.1, -0.05) is 19.9 Å². The average Bonchev–Trinajstić information content (AvgIpc) is 2.71. The zero-order chi connectivity index (χ0) is 20.7. The van der Waals surface area contributed by atoms with Crippen LogP contribution in [0, 0.1) is 5.92 Å². The van der Waals surface area contributed by atoms with Gasteiger partial charge in [0.15, 0.2) is 0 Å². The molecule has 28 heavy (non-hydrogen) atoms. The first-order valence-corrected chi connectivity index (χ1v) is 10.4. The van der Waals surface area contributed by atoms with Crippen LogP contribution < -0.4 is 14.9 Å². The summed E-state index contributed by atoms with van der Waals surface area (Å²) in [6.07, 6.45) is 0.913. The van der Waals surface area contributed by atoms with Crippen molar-refractivity contribution in [2.24, 2.45) is 11.0 Å². The lowest BCUT2D eigenvalue weighted by Crippen LogP contribution is -2.21. The average molecular weight is 404 g/mol. The summed E-state index contributed by atoms with van der Waals surface area (Å²) < 4.78 is 32.8. The summed E-state index contributed by atoms with van der Waals surface area (Å²) in [5.41, 5.74) is 3.88. The number of ether oxygens (including phenoxy) is 1. The number of benzene rings is 2. The SMILES string of the molecule is CC[C@@H](C)/C(C)=N\NC(=O)c1cccc(S(=O)(=O)Nc2ccc(OC)cc2)c1. The summed E-state index contributed by atoms with van der Waals surface area (Å²) >= 11 is 0. The minimum atomic E-state index is -3.84. The molecule has 0 radical (unpaired) electrons. The van der Waals surface area contributed by atoms with Crippen molar-refractivity contribution >= 4 is 27.3 Å². The largest absolute Gasteiger partial charge is 0.497 e. The highest BCUT2D eigenvalue weighted by molar-refractivity contribution is 7.92. The van der Waals surface area contributed by atoms with Gasteiger partial charge in [-0.15, -0.1) is 0 Å². The number of hydrogen-bond acceptors (Lipinski definition) is 5. The molecule has 2 rings (SSSR count). The highest BCUT2D eigenvalue weighted by Gasteiger charge is 2.17. The van der Waals surface area contributed by atoms with Crippen molar-refractivity contribution < 1.29 is 17.9 Å². The van der Waals surface area contributed by atoms with E-state index in [4.69, 9.17) is 4.74 Å². The molecule has 0 aromatic heterocycles. The smallest absolute Gasteiger partial charge is 0.271 e. The van der Waals surface area contributed by atoms with Crippen molar-refractivity contribution in [2.75, 3.05) is 11.8 Å². The molecular weight excluding hydrogens is 378 g/mol. The maximum Gasteiger partial charge on any atom is 0.271 e. The van der Waals surface area contributed by atoms with Gasteiger partial charge in [0, 0.05) is 17.0 Å². The molecule has 0 unspecified atom stereocenters. The highest BCUT2D eigenvalue weighted by atomic mass is 32.2. The summed E-state index contributed by atoms with van der Waals surface area (Å²) in [7, 11) is -2.31. The summed E-state index contributed by atoms with van der Waals surface area (Å²) in [6, 6.07) is 12.3. The van der Waals surface area contributed by atoms with Crippen LogP contribution in [0.2, 0.25) is 0 Å². The van der Waals surface area contributed by atoms with E-state index in [1.807, 2.05) is 20.8 Å². The Labute approximate surface area is 165 Å². The molecule has 0 saturated carbocycles. The van der Waals surface area contributed by atoms with Gasteiger partial charge in [0.05, 0.1) is 12.0 Å². The van der Waals surface area contributed by atoms with Crippen LogP contribution in [0.4, 0.5) is 5.69 Å². The Morgan fingerprint density at radius 3 is 2.46 bits per heavy atom. The number of amides is 1. The van der Waals surface area contributed by atoms with E-state index in [9.17, 15) is 13.2 Å². The molecule has 8 heteroatoms. The first-order valence-electron chi connectivity index (χ1n) is 8.88. The lowest BCUT2D eigenvalue weighted by Gasteiger charge is -2.10. The van der Waals surface area contributed by atoms with Gasteiger partial charge in [0.25, 0.3) is 15.9 Å². The van der Waals surface area contributed by atoms with Crippen molar-refractivity contribution in [3.8, 4) is 5.75 Å². The van der Waals surface area contributed by atoms with E-state index in [-0.39, 0.29) is 16.4 Å². The molecule has 1 amide bonds. The van der Waals surface area contributed by atoms with Gasteiger partial charge in [-0.25, -0.2) is 13.8 Å². The van der Waals surface area contributed by atoms with Crippen LogP contribution in [0.5, 0.6) is 5.75 Å². The van der Waals surface area contributed by atoms with Crippen molar-refractivity contribution in [2.45, 2.75) is 32.1 Å². The van der Waals surface area contributed by atoms with Gasteiger partial charge < -0.3 is 4.74 Å². The molecule has 2 aromatic carbocycles. The molecule has 0 aliphatic carbocycles. The van der Waals surface area contributed by atoms with Crippen LogP contribution in [0.25, 0.3) is 0 Å². The minimum absolute atomic E-state index is 0.0152. The maximum atomic E-state index is 12.6. The number of anilines is 1. The van der Waals surface area contributed by atoms with Crippen LogP contribution in [0.3, 0.4) is 0 Å². The van der Waals surface area contributed by atoms with Crippen LogP contribution in [0.1, 0.15) is 37.6 Å². The van der Waals surface area contributed by atoms with Gasteiger partial charge >= 0.3 is 0 Å². The Balaban J connectivity index is 2.17. The Morgan fingerprint density at radius 2 is 1.86 bits per heavy atom. The van der Waals surface area contributed by atoms with Crippen molar-refractivity contribution in [3.63, 3.8) is 0 Å². The second-order valence-corrected chi connectivity index (χ2v) is 8.05. The molecule has 0 aliphatic heterocycles. The first kappa shape index (κ1) is 21.4. The zero-order valence-corrected chi connectivity index (χ0v) is 17.2. The molecule has 7 nitrogen and oxygen atoms in total. The third-order valence-electron chi connectivity index (χ3n) is 4.41. The van der Waals surface area contributed by atoms with E-state index < -0.39 is 15.9 Å². The first-order chi connectivity index (χ1) is 13.3. The summed E-state index contributed by atoms with van der Waals surface area (Å²) in [5.74, 6) is 0.403. The third kappa shape index (κ3) is 5.56. The predicted molar refractivity (Wildman–Crippen MR) is 110 cm³/mol.